The van der Waals surface area contributed by atoms with E-state index in [4.69, 9.17) is 4.74 Å². The number of halogens is 1. The molecule has 124 valence electrons. The molecule has 0 unspecified atom stereocenters. The van der Waals surface area contributed by atoms with Crippen LogP contribution in [-0.4, -0.2) is 38.2 Å². The van der Waals surface area contributed by atoms with Gasteiger partial charge in [0.15, 0.2) is 0 Å². The summed E-state index contributed by atoms with van der Waals surface area (Å²) in [4.78, 5) is 0. The van der Waals surface area contributed by atoms with Gasteiger partial charge in [0.25, 0.3) is 0 Å². The van der Waals surface area contributed by atoms with E-state index < -0.39 is 10.0 Å². The van der Waals surface area contributed by atoms with E-state index in [1.54, 1.807) is 16.4 Å². The van der Waals surface area contributed by atoms with Crippen molar-refractivity contribution in [3.8, 4) is 5.75 Å². The van der Waals surface area contributed by atoms with Crippen LogP contribution in [0.25, 0.3) is 0 Å². The molecule has 0 radical (unpaired) electrons. The normalized spacial score (nSPS) is 17.5. The first kappa shape index (κ1) is 17.2. The summed E-state index contributed by atoms with van der Waals surface area (Å²) in [5.74, 6) is 0.972. The van der Waals surface area contributed by atoms with Crippen LogP contribution in [0.5, 0.6) is 5.75 Å². The molecule has 4 nitrogen and oxygen atoms in total. The number of rotatable bonds is 7. The maximum absolute atomic E-state index is 12.8. The first-order valence-corrected chi connectivity index (χ1v) is 9.48. The number of ether oxygens (including phenoxy) is 1. The smallest absolute Gasteiger partial charge is 0.214 e. The zero-order valence-corrected chi connectivity index (χ0v) is 13.8. The summed E-state index contributed by atoms with van der Waals surface area (Å²) >= 11 is 0. The van der Waals surface area contributed by atoms with Gasteiger partial charge >= 0.3 is 0 Å². The van der Waals surface area contributed by atoms with E-state index in [0.29, 0.717) is 31.4 Å². The Labute approximate surface area is 132 Å². The molecule has 0 N–H and O–H groups in total. The number of hydrogen-bond donors (Lipinski definition) is 0. The van der Waals surface area contributed by atoms with Gasteiger partial charge in [0.05, 0.1) is 12.4 Å². The van der Waals surface area contributed by atoms with Crippen LogP contribution in [-0.2, 0) is 10.0 Å². The maximum Gasteiger partial charge on any atom is 0.214 e. The summed E-state index contributed by atoms with van der Waals surface area (Å²) in [6, 6.07) is 5.97. The number of piperidine rings is 1. The second kappa shape index (κ2) is 7.92. The lowest BCUT2D eigenvalue weighted by Gasteiger charge is -2.31. The van der Waals surface area contributed by atoms with E-state index in [1.165, 1.54) is 12.1 Å². The molecule has 0 aliphatic carbocycles. The predicted molar refractivity (Wildman–Crippen MR) is 84.9 cm³/mol. The molecule has 22 heavy (non-hydrogen) atoms. The van der Waals surface area contributed by atoms with Gasteiger partial charge in [-0.3, -0.25) is 0 Å². The highest BCUT2D eigenvalue weighted by Gasteiger charge is 2.27. The van der Waals surface area contributed by atoms with Gasteiger partial charge in [-0.1, -0.05) is 13.3 Å². The summed E-state index contributed by atoms with van der Waals surface area (Å²) < 4.78 is 44.3. The van der Waals surface area contributed by atoms with Crippen molar-refractivity contribution >= 4 is 10.0 Å². The predicted octanol–water partition coefficient (Wildman–Crippen LogP) is 3.05. The molecule has 1 fully saturated rings. The molecule has 1 saturated heterocycles. The number of sulfonamides is 1. The zero-order chi connectivity index (χ0) is 16.0. The van der Waals surface area contributed by atoms with Gasteiger partial charge in [0.1, 0.15) is 11.6 Å². The van der Waals surface area contributed by atoms with Crippen molar-refractivity contribution in [2.24, 2.45) is 5.92 Å². The third-order valence-corrected chi connectivity index (χ3v) is 5.98. The van der Waals surface area contributed by atoms with E-state index in [2.05, 4.69) is 0 Å². The highest BCUT2D eigenvalue weighted by molar-refractivity contribution is 7.89. The lowest BCUT2D eigenvalue weighted by molar-refractivity contribution is 0.185. The fraction of sp³-hybridized carbons (Fsp3) is 0.625. The molecule has 6 heteroatoms. The van der Waals surface area contributed by atoms with Crippen LogP contribution < -0.4 is 4.74 Å². The molecule has 1 aromatic rings. The molecule has 1 heterocycles. The number of hydrogen-bond acceptors (Lipinski definition) is 3. The average molecular weight is 329 g/mol. The second-order valence-electron chi connectivity index (χ2n) is 5.78. The number of benzene rings is 1. The summed E-state index contributed by atoms with van der Waals surface area (Å²) in [6.07, 6.45) is 3.23. The lowest BCUT2D eigenvalue weighted by atomic mass is 9.99. The van der Waals surface area contributed by atoms with Gasteiger partial charge in [0.2, 0.25) is 10.0 Å². The fourth-order valence-corrected chi connectivity index (χ4v) is 4.23. The number of unbranched alkanes of at least 4 members (excludes halogenated alkanes) is 1. The number of nitrogens with zero attached hydrogens (tertiary/aromatic N) is 1. The van der Waals surface area contributed by atoms with Crippen LogP contribution in [0.3, 0.4) is 0 Å². The van der Waals surface area contributed by atoms with Crippen LogP contribution in [0.15, 0.2) is 24.3 Å². The van der Waals surface area contributed by atoms with E-state index in [9.17, 15) is 12.8 Å². The van der Waals surface area contributed by atoms with Crippen molar-refractivity contribution in [2.45, 2.75) is 32.6 Å². The van der Waals surface area contributed by atoms with Crippen LogP contribution >= 0.6 is 0 Å². The van der Waals surface area contributed by atoms with E-state index in [-0.39, 0.29) is 11.6 Å². The molecule has 0 saturated carbocycles. The minimum absolute atomic E-state index is 0.250. The standard InChI is InChI=1S/C16H24FNO3S/c1-2-3-12-22(19,20)18-10-8-14(9-11-18)13-21-16-6-4-15(17)5-7-16/h4-7,14H,2-3,8-13H2,1H3. The molecule has 0 amide bonds. The van der Waals surface area contributed by atoms with Gasteiger partial charge < -0.3 is 4.74 Å². The third kappa shape index (κ3) is 4.95. The summed E-state index contributed by atoms with van der Waals surface area (Å²) in [5, 5.41) is 0. The van der Waals surface area contributed by atoms with Crippen molar-refractivity contribution in [1.29, 1.82) is 0 Å². The van der Waals surface area contributed by atoms with Crippen molar-refractivity contribution < 1.29 is 17.5 Å². The molecule has 0 spiro atoms. The first-order valence-electron chi connectivity index (χ1n) is 7.87. The van der Waals surface area contributed by atoms with Gasteiger partial charge in [-0.25, -0.2) is 17.1 Å². The Morgan fingerprint density at radius 3 is 2.45 bits per heavy atom. The molecule has 2 rings (SSSR count). The quantitative estimate of drug-likeness (QED) is 0.772. The molecule has 1 aliphatic heterocycles. The van der Waals surface area contributed by atoms with E-state index >= 15 is 0 Å². The Bertz CT molecular complexity index is 551. The SMILES string of the molecule is CCCCS(=O)(=O)N1CCC(COc2ccc(F)cc2)CC1. The van der Waals surface area contributed by atoms with Crippen molar-refractivity contribution in [2.75, 3.05) is 25.4 Å². The van der Waals surface area contributed by atoms with Gasteiger partial charge in [-0.15, -0.1) is 0 Å². The molecule has 1 aromatic carbocycles. The minimum Gasteiger partial charge on any atom is -0.493 e. The van der Waals surface area contributed by atoms with Crippen LogP contribution in [0.4, 0.5) is 4.39 Å². The van der Waals surface area contributed by atoms with Crippen molar-refractivity contribution in [3.63, 3.8) is 0 Å². The Kier molecular flexibility index (Phi) is 6.20. The van der Waals surface area contributed by atoms with Crippen LogP contribution in [0.1, 0.15) is 32.6 Å². The van der Waals surface area contributed by atoms with Crippen molar-refractivity contribution in [3.05, 3.63) is 30.1 Å². The van der Waals surface area contributed by atoms with Crippen LogP contribution in [0, 0.1) is 11.7 Å². The Hall–Kier alpha value is -1.14. The zero-order valence-electron chi connectivity index (χ0n) is 13.0. The highest BCUT2D eigenvalue weighted by Crippen LogP contribution is 2.22. The molecular formula is C16H24FNO3S. The van der Waals surface area contributed by atoms with Gasteiger partial charge in [-0.2, -0.15) is 0 Å². The van der Waals surface area contributed by atoms with E-state index in [1.807, 2.05) is 6.92 Å². The molecule has 0 bridgehead atoms. The Morgan fingerprint density at radius 1 is 1.23 bits per heavy atom. The Balaban J connectivity index is 1.76. The molecular weight excluding hydrogens is 305 g/mol. The third-order valence-electron chi connectivity index (χ3n) is 4.02. The van der Waals surface area contributed by atoms with Gasteiger partial charge in [-0.05, 0) is 49.4 Å². The van der Waals surface area contributed by atoms with Crippen molar-refractivity contribution in [1.82, 2.24) is 4.31 Å². The Morgan fingerprint density at radius 2 is 1.86 bits per heavy atom. The average Bonchev–Trinajstić information content (AvgIpc) is 2.53. The summed E-state index contributed by atoms with van der Waals surface area (Å²) in [7, 11) is -3.09. The maximum atomic E-state index is 12.8. The summed E-state index contributed by atoms with van der Waals surface area (Å²) in [6.45, 7) is 3.69. The van der Waals surface area contributed by atoms with Crippen LogP contribution in [0.2, 0.25) is 0 Å². The highest BCUT2D eigenvalue weighted by atomic mass is 32.2. The summed E-state index contributed by atoms with van der Waals surface area (Å²) in [5.41, 5.74) is 0. The first-order chi connectivity index (χ1) is 10.5. The minimum atomic E-state index is -3.09. The van der Waals surface area contributed by atoms with Gasteiger partial charge in [0, 0.05) is 13.1 Å². The topological polar surface area (TPSA) is 46.6 Å². The largest absolute Gasteiger partial charge is 0.493 e. The molecule has 0 aromatic heterocycles. The second-order valence-corrected chi connectivity index (χ2v) is 7.87. The van der Waals surface area contributed by atoms with E-state index in [0.717, 1.165) is 25.7 Å². The fourth-order valence-electron chi connectivity index (χ4n) is 2.55. The lowest BCUT2D eigenvalue weighted by Crippen LogP contribution is -2.40. The molecule has 0 atom stereocenters. The monoisotopic (exact) mass is 329 g/mol. The molecule has 1 aliphatic rings.